The Kier molecular flexibility index (Phi) is 4.82. The first-order chi connectivity index (χ1) is 14.1. The first kappa shape index (κ1) is 18.7. The van der Waals surface area contributed by atoms with E-state index < -0.39 is 6.10 Å². The van der Waals surface area contributed by atoms with Gasteiger partial charge in [0.2, 0.25) is 0 Å². The van der Waals surface area contributed by atoms with Crippen LogP contribution in [-0.4, -0.2) is 39.5 Å². The number of nitrogens with zero attached hydrogens (tertiary/aromatic N) is 2. The van der Waals surface area contributed by atoms with Crippen LogP contribution in [0.3, 0.4) is 0 Å². The van der Waals surface area contributed by atoms with Crippen molar-refractivity contribution >= 4 is 11.7 Å². The number of hydrogen-bond acceptors (Lipinski definition) is 4. The smallest absolute Gasteiger partial charge is 0.256 e. The van der Waals surface area contributed by atoms with E-state index in [1.807, 2.05) is 30.3 Å². The molecule has 1 heterocycles. The lowest BCUT2D eigenvalue weighted by atomic mass is 9.54. The molecule has 4 aliphatic carbocycles. The molecule has 4 saturated carbocycles. The Morgan fingerprint density at radius 1 is 1.14 bits per heavy atom. The highest BCUT2D eigenvalue weighted by Crippen LogP contribution is 2.53. The standard InChI is InChI=1S/C23H30N4O2/c1-14(28)12-24-22-20(13-25-27(22)19-5-3-2-4-6-19)23(29)26-21-17-8-15-7-16(10-17)11-18(21)9-15/h2-6,13-18,21,24,28H,7-12H2,1H3,(H,26,29). The maximum atomic E-state index is 13.3. The average Bonchev–Trinajstić information content (AvgIpc) is 3.13. The lowest BCUT2D eigenvalue weighted by Crippen LogP contribution is -2.55. The van der Waals surface area contributed by atoms with Crippen molar-refractivity contribution in [2.45, 2.75) is 51.2 Å². The van der Waals surface area contributed by atoms with Gasteiger partial charge in [0.15, 0.2) is 0 Å². The third kappa shape index (κ3) is 3.54. The first-order valence-electron chi connectivity index (χ1n) is 10.9. The largest absolute Gasteiger partial charge is 0.392 e. The summed E-state index contributed by atoms with van der Waals surface area (Å²) in [5, 5.41) is 20.8. The highest BCUT2D eigenvalue weighted by molar-refractivity contribution is 5.99. The maximum absolute atomic E-state index is 13.3. The lowest BCUT2D eigenvalue weighted by molar-refractivity contribution is -0.0119. The minimum Gasteiger partial charge on any atom is -0.392 e. The van der Waals surface area contributed by atoms with Gasteiger partial charge >= 0.3 is 0 Å². The Bertz CT molecular complexity index is 848. The molecule has 0 spiro atoms. The molecule has 1 unspecified atom stereocenters. The summed E-state index contributed by atoms with van der Waals surface area (Å²) in [6.07, 6.45) is 7.62. The van der Waals surface area contributed by atoms with E-state index >= 15 is 0 Å². The van der Waals surface area contributed by atoms with Gasteiger partial charge in [-0.25, -0.2) is 4.68 Å². The van der Waals surface area contributed by atoms with Gasteiger partial charge in [0.1, 0.15) is 11.4 Å². The zero-order valence-corrected chi connectivity index (χ0v) is 16.9. The number of benzene rings is 1. The molecular formula is C23H30N4O2. The fraction of sp³-hybridized carbons (Fsp3) is 0.565. The van der Waals surface area contributed by atoms with Gasteiger partial charge < -0.3 is 15.7 Å². The van der Waals surface area contributed by atoms with Crippen molar-refractivity contribution in [3.8, 4) is 5.69 Å². The van der Waals surface area contributed by atoms with Crippen molar-refractivity contribution in [2.75, 3.05) is 11.9 Å². The van der Waals surface area contributed by atoms with Gasteiger partial charge in [-0.05, 0) is 74.8 Å². The van der Waals surface area contributed by atoms with Crippen LogP contribution in [0.25, 0.3) is 5.69 Å². The van der Waals surface area contributed by atoms with Crippen LogP contribution in [0.15, 0.2) is 36.5 Å². The molecule has 6 rings (SSSR count). The summed E-state index contributed by atoms with van der Waals surface area (Å²) in [6, 6.07) is 10.1. The number of aliphatic hydroxyl groups excluding tert-OH is 1. The van der Waals surface area contributed by atoms with E-state index in [0.717, 1.165) is 17.5 Å². The predicted octanol–water partition coefficient (Wildman–Crippen LogP) is 3.22. The number of carbonyl (C=O) groups is 1. The van der Waals surface area contributed by atoms with E-state index in [-0.39, 0.29) is 5.91 Å². The molecular weight excluding hydrogens is 364 g/mol. The van der Waals surface area contributed by atoms with Gasteiger partial charge in [0.25, 0.3) is 5.91 Å². The van der Waals surface area contributed by atoms with Crippen LogP contribution in [-0.2, 0) is 0 Å². The summed E-state index contributed by atoms with van der Waals surface area (Å²) >= 11 is 0. The van der Waals surface area contributed by atoms with Crippen molar-refractivity contribution in [2.24, 2.45) is 23.7 Å². The van der Waals surface area contributed by atoms with E-state index in [1.165, 1.54) is 32.1 Å². The van der Waals surface area contributed by atoms with Crippen LogP contribution in [0.5, 0.6) is 0 Å². The molecule has 6 nitrogen and oxygen atoms in total. The zero-order valence-electron chi connectivity index (χ0n) is 16.9. The summed E-state index contributed by atoms with van der Waals surface area (Å²) in [4.78, 5) is 13.3. The highest BCUT2D eigenvalue weighted by atomic mass is 16.3. The van der Waals surface area contributed by atoms with Gasteiger partial charge in [-0.15, -0.1) is 0 Å². The number of rotatable bonds is 6. The predicted molar refractivity (Wildman–Crippen MR) is 112 cm³/mol. The molecule has 1 aromatic heterocycles. The van der Waals surface area contributed by atoms with Crippen LogP contribution in [0.4, 0.5) is 5.82 Å². The number of amides is 1. The second-order valence-corrected chi connectivity index (χ2v) is 9.31. The first-order valence-corrected chi connectivity index (χ1v) is 10.9. The van der Waals surface area contributed by atoms with Gasteiger partial charge in [-0.3, -0.25) is 4.79 Å². The fourth-order valence-electron chi connectivity index (χ4n) is 6.08. The molecule has 2 aromatic rings. The Balaban J connectivity index is 1.39. The summed E-state index contributed by atoms with van der Waals surface area (Å²) in [7, 11) is 0. The molecule has 0 radical (unpaired) electrons. The minimum absolute atomic E-state index is 0.0576. The van der Waals surface area contributed by atoms with E-state index in [2.05, 4.69) is 15.7 Å². The summed E-state index contributed by atoms with van der Waals surface area (Å²) in [5.41, 5.74) is 1.43. The van der Waals surface area contributed by atoms with E-state index in [9.17, 15) is 9.90 Å². The van der Waals surface area contributed by atoms with Gasteiger partial charge in [0, 0.05) is 12.6 Å². The lowest BCUT2D eigenvalue weighted by Gasteiger charge is -2.54. The van der Waals surface area contributed by atoms with Crippen LogP contribution in [0.1, 0.15) is 49.4 Å². The van der Waals surface area contributed by atoms with Crippen molar-refractivity contribution in [3.05, 3.63) is 42.1 Å². The number of hydrogen-bond donors (Lipinski definition) is 3. The van der Waals surface area contributed by atoms with Crippen molar-refractivity contribution in [1.82, 2.24) is 15.1 Å². The molecule has 1 aromatic carbocycles. The normalized spacial score (nSPS) is 30.9. The van der Waals surface area contributed by atoms with Crippen molar-refractivity contribution in [3.63, 3.8) is 0 Å². The average molecular weight is 395 g/mol. The van der Waals surface area contributed by atoms with E-state index in [1.54, 1.807) is 17.8 Å². The summed E-state index contributed by atoms with van der Waals surface area (Å²) in [6.45, 7) is 2.08. The third-order valence-electron chi connectivity index (χ3n) is 7.10. The monoisotopic (exact) mass is 394 g/mol. The number of para-hydroxylation sites is 1. The minimum atomic E-state index is -0.519. The second-order valence-electron chi connectivity index (χ2n) is 9.31. The number of nitrogens with one attached hydrogen (secondary N) is 2. The van der Waals surface area contributed by atoms with Gasteiger partial charge in [-0.2, -0.15) is 5.10 Å². The Morgan fingerprint density at radius 2 is 1.79 bits per heavy atom. The number of aromatic nitrogens is 2. The molecule has 0 aliphatic heterocycles. The van der Waals surface area contributed by atoms with Crippen LogP contribution >= 0.6 is 0 Å². The number of anilines is 1. The molecule has 1 atom stereocenters. The quantitative estimate of drug-likeness (QED) is 0.703. The summed E-state index contributed by atoms with van der Waals surface area (Å²) in [5.74, 6) is 3.61. The molecule has 0 saturated heterocycles. The Hall–Kier alpha value is -2.34. The SMILES string of the molecule is CC(O)CNc1c(C(=O)NC2C3CC4CC(C3)CC2C4)cnn1-c1ccccc1. The van der Waals surface area contributed by atoms with Crippen LogP contribution in [0.2, 0.25) is 0 Å². The molecule has 4 fully saturated rings. The van der Waals surface area contributed by atoms with Crippen LogP contribution in [0, 0.1) is 23.7 Å². The Morgan fingerprint density at radius 3 is 2.41 bits per heavy atom. The maximum Gasteiger partial charge on any atom is 0.256 e. The number of aliphatic hydroxyl groups is 1. The molecule has 4 aliphatic rings. The van der Waals surface area contributed by atoms with Gasteiger partial charge in [0.05, 0.1) is 18.0 Å². The van der Waals surface area contributed by atoms with Crippen molar-refractivity contribution < 1.29 is 9.90 Å². The van der Waals surface area contributed by atoms with E-state index in [0.29, 0.717) is 35.8 Å². The third-order valence-corrected chi connectivity index (χ3v) is 7.10. The Labute approximate surface area is 171 Å². The molecule has 29 heavy (non-hydrogen) atoms. The van der Waals surface area contributed by atoms with E-state index in [4.69, 9.17) is 0 Å². The second kappa shape index (κ2) is 7.48. The van der Waals surface area contributed by atoms with Gasteiger partial charge in [-0.1, -0.05) is 18.2 Å². The molecule has 4 bridgehead atoms. The highest BCUT2D eigenvalue weighted by Gasteiger charge is 2.48. The fourth-order valence-corrected chi connectivity index (χ4v) is 6.08. The van der Waals surface area contributed by atoms with Crippen molar-refractivity contribution in [1.29, 1.82) is 0 Å². The molecule has 1 amide bonds. The summed E-state index contributed by atoms with van der Waals surface area (Å²) < 4.78 is 1.74. The number of carbonyl (C=O) groups excluding carboxylic acids is 1. The zero-order chi connectivity index (χ0) is 20.0. The topological polar surface area (TPSA) is 79.2 Å². The molecule has 154 valence electrons. The van der Waals surface area contributed by atoms with Crippen LogP contribution < -0.4 is 10.6 Å². The molecule has 6 heteroatoms. The molecule has 3 N–H and O–H groups in total.